The minimum Gasteiger partial charge on any atom is -0.396 e. The molecule has 0 bridgehead atoms. The van der Waals surface area contributed by atoms with E-state index in [1.807, 2.05) is 0 Å². The van der Waals surface area contributed by atoms with Gasteiger partial charge in [0.15, 0.2) is 0 Å². The van der Waals surface area contributed by atoms with Crippen molar-refractivity contribution in [1.29, 1.82) is 0 Å². The van der Waals surface area contributed by atoms with Crippen molar-refractivity contribution in [2.45, 2.75) is 24.6 Å². The van der Waals surface area contributed by atoms with E-state index >= 15 is 0 Å². The Labute approximate surface area is 107 Å². The molecule has 1 aliphatic carbocycles. The summed E-state index contributed by atoms with van der Waals surface area (Å²) in [6.45, 7) is -0.244. The first-order valence-electron chi connectivity index (χ1n) is 5.76. The molecule has 0 amide bonds. The Hall–Kier alpha value is -2.09. The van der Waals surface area contributed by atoms with Crippen LogP contribution in [0.5, 0.6) is 0 Å². The van der Waals surface area contributed by atoms with Gasteiger partial charge in [0.2, 0.25) is 0 Å². The fraction of sp³-hybridized carbons (Fsp3) is 0.600. The van der Waals surface area contributed by atoms with Gasteiger partial charge in [0.25, 0.3) is 0 Å². The number of hydrogen-bond donors (Lipinski definition) is 3. The zero-order chi connectivity index (χ0) is 14.0. The van der Waals surface area contributed by atoms with Crippen LogP contribution in [-0.4, -0.2) is 38.5 Å². The number of aliphatic hydroxyl groups is 2. The third kappa shape index (κ3) is 2.39. The lowest BCUT2D eigenvalue weighted by molar-refractivity contribution is 0.0801. The molecule has 19 heavy (non-hydrogen) atoms. The second-order valence-corrected chi connectivity index (χ2v) is 4.47. The van der Waals surface area contributed by atoms with Gasteiger partial charge in [-0.25, -0.2) is 4.79 Å². The second-order valence-electron chi connectivity index (χ2n) is 4.47. The van der Waals surface area contributed by atoms with E-state index in [0.29, 0.717) is 6.42 Å². The first-order valence-corrected chi connectivity index (χ1v) is 5.76. The lowest BCUT2D eigenvalue weighted by Crippen LogP contribution is -2.34. The molecule has 0 aromatic carbocycles. The highest BCUT2D eigenvalue weighted by molar-refractivity contribution is 5.24. The minimum atomic E-state index is -0.990. The van der Waals surface area contributed by atoms with Gasteiger partial charge in [-0.1, -0.05) is 5.11 Å². The summed E-state index contributed by atoms with van der Waals surface area (Å²) in [5.74, 6) is -0.344. The smallest absolute Gasteiger partial charge is 0.349 e. The Balaban J connectivity index is 2.41. The molecule has 102 valence electrons. The summed E-state index contributed by atoms with van der Waals surface area (Å²) in [5.41, 5.74) is 13.4. The van der Waals surface area contributed by atoms with Crippen LogP contribution in [0.4, 0.5) is 5.82 Å². The molecule has 1 heterocycles. The summed E-state index contributed by atoms with van der Waals surface area (Å²) < 4.78 is 1.27. The van der Waals surface area contributed by atoms with Crippen molar-refractivity contribution in [3.8, 4) is 0 Å². The fourth-order valence-electron chi connectivity index (χ4n) is 2.44. The SMILES string of the molecule is [N-]=[N+]=N[C@@H]1[C@H](O)[C@@H](CO)C[C@H]1n1ccc(N)nc1=O. The van der Waals surface area contributed by atoms with E-state index in [4.69, 9.17) is 11.3 Å². The Morgan fingerprint density at radius 3 is 3.00 bits per heavy atom. The zero-order valence-electron chi connectivity index (χ0n) is 9.99. The molecule has 0 aliphatic heterocycles. The summed E-state index contributed by atoms with van der Waals surface area (Å²) >= 11 is 0. The molecule has 1 aromatic rings. The number of aromatic nitrogens is 2. The molecule has 4 N–H and O–H groups in total. The molecular formula is C10H14N6O3. The van der Waals surface area contributed by atoms with Crippen molar-refractivity contribution in [1.82, 2.24) is 9.55 Å². The van der Waals surface area contributed by atoms with Crippen molar-refractivity contribution in [3.05, 3.63) is 33.2 Å². The monoisotopic (exact) mass is 266 g/mol. The molecular weight excluding hydrogens is 252 g/mol. The molecule has 1 aliphatic rings. The number of aliphatic hydroxyl groups excluding tert-OH is 2. The quantitative estimate of drug-likeness (QED) is 0.380. The minimum absolute atomic E-state index is 0.0961. The predicted molar refractivity (Wildman–Crippen MR) is 66.1 cm³/mol. The Bertz CT molecular complexity index is 567. The lowest BCUT2D eigenvalue weighted by atomic mass is 10.1. The molecule has 9 nitrogen and oxygen atoms in total. The molecule has 0 unspecified atom stereocenters. The highest BCUT2D eigenvalue weighted by atomic mass is 16.3. The van der Waals surface area contributed by atoms with Crippen LogP contribution in [0.1, 0.15) is 12.5 Å². The maximum absolute atomic E-state index is 11.8. The first-order chi connectivity index (χ1) is 9.08. The van der Waals surface area contributed by atoms with Crippen LogP contribution < -0.4 is 11.4 Å². The van der Waals surface area contributed by atoms with E-state index in [9.17, 15) is 15.0 Å². The third-order valence-corrected chi connectivity index (χ3v) is 3.40. The molecule has 0 spiro atoms. The summed E-state index contributed by atoms with van der Waals surface area (Å²) in [6.07, 6.45) is 0.782. The zero-order valence-corrected chi connectivity index (χ0v) is 9.99. The van der Waals surface area contributed by atoms with E-state index in [-0.39, 0.29) is 12.4 Å². The van der Waals surface area contributed by atoms with E-state index in [0.717, 1.165) is 0 Å². The Kier molecular flexibility index (Phi) is 3.70. The van der Waals surface area contributed by atoms with Gasteiger partial charge in [-0.2, -0.15) is 4.98 Å². The van der Waals surface area contributed by atoms with Crippen LogP contribution in [0.15, 0.2) is 22.2 Å². The number of azide groups is 1. The molecule has 2 rings (SSSR count). The van der Waals surface area contributed by atoms with Crippen LogP contribution in [0, 0.1) is 5.92 Å². The molecule has 0 saturated heterocycles. The molecule has 0 radical (unpaired) electrons. The molecule has 1 fully saturated rings. The van der Waals surface area contributed by atoms with Gasteiger partial charge in [0, 0.05) is 29.7 Å². The van der Waals surface area contributed by atoms with Crippen molar-refractivity contribution < 1.29 is 10.2 Å². The Morgan fingerprint density at radius 2 is 2.42 bits per heavy atom. The van der Waals surface area contributed by atoms with Crippen molar-refractivity contribution in [2.75, 3.05) is 12.3 Å². The van der Waals surface area contributed by atoms with Gasteiger partial charge in [0.05, 0.1) is 12.1 Å². The van der Waals surface area contributed by atoms with E-state index < -0.39 is 29.8 Å². The molecule has 1 aromatic heterocycles. The summed E-state index contributed by atoms with van der Waals surface area (Å²) in [6, 6.07) is 0.0987. The molecule has 4 atom stereocenters. The highest BCUT2D eigenvalue weighted by Gasteiger charge is 2.42. The normalized spacial score (nSPS) is 30.0. The first kappa shape index (κ1) is 13.3. The maximum atomic E-state index is 11.8. The van der Waals surface area contributed by atoms with E-state index in [1.165, 1.54) is 16.8 Å². The number of nitrogens with two attached hydrogens (primary N) is 1. The predicted octanol–water partition coefficient (Wildman–Crippen LogP) is -0.581. The number of rotatable bonds is 3. The van der Waals surface area contributed by atoms with Crippen molar-refractivity contribution in [3.63, 3.8) is 0 Å². The summed E-state index contributed by atoms with van der Waals surface area (Å²) in [7, 11) is 0. The van der Waals surface area contributed by atoms with Crippen LogP contribution in [0.3, 0.4) is 0 Å². The standard InChI is InChI=1S/C10H14N6O3/c11-7-1-2-16(10(19)13-7)6-3-5(4-17)9(18)8(6)14-15-12/h1-2,5-6,8-9,17-18H,3-4H2,(H2,11,13,19)/t5-,6-,8+,9-/m1/s1. The lowest BCUT2D eigenvalue weighted by Gasteiger charge is -2.19. The van der Waals surface area contributed by atoms with Gasteiger partial charge >= 0.3 is 5.69 Å². The van der Waals surface area contributed by atoms with Gasteiger partial charge in [-0.15, -0.1) is 0 Å². The van der Waals surface area contributed by atoms with Gasteiger partial charge in [0.1, 0.15) is 5.82 Å². The summed E-state index contributed by atoms with van der Waals surface area (Å²) in [4.78, 5) is 18.0. The average molecular weight is 266 g/mol. The number of nitrogen functional groups attached to an aromatic ring is 1. The van der Waals surface area contributed by atoms with Gasteiger partial charge in [-0.3, -0.25) is 4.57 Å². The largest absolute Gasteiger partial charge is 0.396 e. The van der Waals surface area contributed by atoms with E-state index in [1.54, 1.807) is 0 Å². The second kappa shape index (κ2) is 5.27. The van der Waals surface area contributed by atoms with Crippen LogP contribution in [0.25, 0.3) is 10.4 Å². The number of hydrogen-bond acceptors (Lipinski definition) is 6. The molecule has 1 saturated carbocycles. The van der Waals surface area contributed by atoms with Crippen LogP contribution in [-0.2, 0) is 0 Å². The van der Waals surface area contributed by atoms with Crippen LogP contribution in [0.2, 0.25) is 0 Å². The van der Waals surface area contributed by atoms with Crippen LogP contribution >= 0.6 is 0 Å². The van der Waals surface area contributed by atoms with E-state index in [2.05, 4.69) is 15.0 Å². The van der Waals surface area contributed by atoms with Gasteiger partial charge in [-0.05, 0) is 18.0 Å². The maximum Gasteiger partial charge on any atom is 0.349 e. The van der Waals surface area contributed by atoms with Crippen molar-refractivity contribution in [2.24, 2.45) is 11.0 Å². The number of nitrogens with zero attached hydrogens (tertiary/aromatic N) is 5. The molecule has 9 heteroatoms. The highest BCUT2D eigenvalue weighted by Crippen LogP contribution is 2.36. The topological polar surface area (TPSA) is 150 Å². The Morgan fingerprint density at radius 1 is 1.68 bits per heavy atom. The fourth-order valence-corrected chi connectivity index (χ4v) is 2.44. The summed E-state index contributed by atoms with van der Waals surface area (Å²) in [5, 5.41) is 22.7. The third-order valence-electron chi connectivity index (χ3n) is 3.40. The van der Waals surface area contributed by atoms with Gasteiger partial charge < -0.3 is 15.9 Å². The number of anilines is 1. The van der Waals surface area contributed by atoms with Crippen molar-refractivity contribution >= 4 is 5.82 Å². The average Bonchev–Trinajstić information content (AvgIpc) is 2.68.